The molecule has 0 spiro atoms. The van der Waals surface area contributed by atoms with E-state index in [-0.39, 0.29) is 12.3 Å². The number of hydrazone groups is 1. The topological polar surface area (TPSA) is 103 Å². The summed E-state index contributed by atoms with van der Waals surface area (Å²) in [5.74, 6) is 0.502. The van der Waals surface area contributed by atoms with Crippen LogP contribution < -0.4 is 14.9 Å². The van der Waals surface area contributed by atoms with Crippen LogP contribution in [-0.2, 0) is 4.79 Å². The van der Waals surface area contributed by atoms with Crippen LogP contribution in [0, 0.1) is 10.1 Å². The lowest BCUT2D eigenvalue weighted by Gasteiger charge is -2.10. The number of ether oxygens (including phenoxy) is 2. The van der Waals surface area contributed by atoms with Gasteiger partial charge in [-0.25, -0.2) is 5.43 Å². The maximum Gasteiger partial charge on any atom is 0.277 e. The second-order valence-electron chi connectivity index (χ2n) is 6.09. The molecule has 9 heteroatoms. The molecular weight excluding hydrogens is 454 g/mol. The van der Waals surface area contributed by atoms with Crippen LogP contribution in [0.25, 0.3) is 10.8 Å². The Bertz CT molecular complexity index is 1120. The van der Waals surface area contributed by atoms with E-state index in [4.69, 9.17) is 9.47 Å². The van der Waals surface area contributed by atoms with Gasteiger partial charge in [-0.1, -0.05) is 30.3 Å². The van der Waals surface area contributed by atoms with Gasteiger partial charge in [0.25, 0.3) is 11.6 Å². The number of nitrogens with zero attached hydrogens (tertiary/aromatic N) is 2. The van der Waals surface area contributed by atoms with Crippen molar-refractivity contribution in [2.45, 2.75) is 6.92 Å². The summed E-state index contributed by atoms with van der Waals surface area (Å²) < 4.78 is 11.4. The number of rotatable bonds is 8. The summed E-state index contributed by atoms with van der Waals surface area (Å²) >= 11 is 3.19. The van der Waals surface area contributed by atoms with Gasteiger partial charge in [-0.15, -0.1) is 0 Å². The van der Waals surface area contributed by atoms with E-state index in [2.05, 4.69) is 26.5 Å². The van der Waals surface area contributed by atoms with E-state index in [0.717, 1.165) is 16.3 Å². The number of nitro groups is 1. The van der Waals surface area contributed by atoms with Gasteiger partial charge in [0, 0.05) is 17.7 Å². The predicted octanol–water partition coefficient (Wildman–Crippen LogP) is 4.44. The minimum absolute atomic E-state index is 0.0801. The van der Waals surface area contributed by atoms with E-state index in [1.807, 2.05) is 43.3 Å². The van der Waals surface area contributed by atoms with E-state index in [0.29, 0.717) is 22.6 Å². The molecule has 0 aliphatic heterocycles. The molecule has 154 valence electrons. The van der Waals surface area contributed by atoms with Gasteiger partial charge >= 0.3 is 0 Å². The average molecular weight is 472 g/mol. The molecule has 3 rings (SSSR count). The molecule has 30 heavy (non-hydrogen) atoms. The number of carbonyl (C=O) groups excluding carboxylic acids is 1. The number of fused-ring (bicyclic) bond motifs is 1. The molecule has 0 saturated carbocycles. The summed E-state index contributed by atoms with van der Waals surface area (Å²) in [6, 6.07) is 15.7. The molecule has 3 aromatic carbocycles. The number of amides is 1. The first kappa shape index (κ1) is 21.3. The maximum atomic E-state index is 12.1. The first-order valence-electron chi connectivity index (χ1n) is 9.02. The zero-order valence-electron chi connectivity index (χ0n) is 16.0. The summed E-state index contributed by atoms with van der Waals surface area (Å²) in [5, 5.41) is 16.8. The van der Waals surface area contributed by atoms with E-state index in [9.17, 15) is 14.9 Å². The Hall–Kier alpha value is -3.46. The molecule has 8 nitrogen and oxygen atoms in total. The average Bonchev–Trinajstić information content (AvgIpc) is 2.74. The summed E-state index contributed by atoms with van der Waals surface area (Å²) in [6.45, 7) is 2.09. The van der Waals surface area contributed by atoms with Crippen LogP contribution in [-0.4, -0.2) is 30.3 Å². The minimum atomic E-state index is -0.514. The fraction of sp³-hybridized carbons (Fsp3) is 0.143. The van der Waals surface area contributed by atoms with E-state index in [1.54, 1.807) is 0 Å². The van der Waals surface area contributed by atoms with Crippen molar-refractivity contribution in [2.24, 2.45) is 5.10 Å². The number of nitrogens with one attached hydrogen (secondary N) is 1. The lowest BCUT2D eigenvalue weighted by molar-refractivity contribution is -0.384. The molecule has 0 aliphatic carbocycles. The van der Waals surface area contributed by atoms with Gasteiger partial charge in [0.15, 0.2) is 6.61 Å². The number of non-ortho nitro benzene ring substituents is 1. The molecule has 0 unspecified atom stereocenters. The molecule has 0 radical (unpaired) electrons. The van der Waals surface area contributed by atoms with Gasteiger partial charge in [0.2, 0.25) is 0 Å². The molecule has 0 fully saturated rings. The van der Waals surface area contributed by atoms with Crippen molar-refractivity contribution in [3.63, 3.8) is 0 Å². The summed E-state index contributed by atoms with van der Waals surface area (Å²) in [4.78, 5) is 22.3. The zero-order valence-corrected chi connectivity index (χ0v) is 17.6. The summed E-state index contributed by atoms with van der Waals surface area (Å²) in [7, 11) is 0. The van der Waals surface area contributed by atoms with Crippen LogP contribution in [0.1, 0.15) is 12.5 Å². The normalized spacial score (nSPS) is 10.9. The fourth-order valence-electron chi connectivity index (χ4n) is 2.75. The van der Waals surface area contributed by atoms with Crippen molar-refractivity contribution in [2.75, 3.05) is 13.2 Å². The van der Waals surface area contributed by atoms with Crippen molar-refractivity contribution in [1.82, 2.24) is 5.43 Å². The molecule has 1 amide bonds. The van der Waals surface area contributed by atoms with Gasteiger partial charge in [0.1, 0.15) is 11.5 Å². The van der Waals surface area contributed by atoms with Gasteiger partial charge in [-0.05, 0) is 45.8 Å². The fourth-order valence-corrected chi connectivity index (χ4v) is 3.24. The molecule has 0 aliphatic rings. The molecule has 0 heterocycles. The van der Waals surface area contributed by atoms with Crippen molar-refractivity contribution in [1.29, 1.82) is 0 Å². The Kier molecular flexibility index (Phi) is 6.97. The van der Waals surface area contributed by atoms with Gasteiger partial charge in [0.05, 0.1) is 22.2 Å². The second-order valence-corrected chi connectivity index (χ2v) is 6.94. The van der Waals surface area contributed by atoms with Crippen molar-refractivity contribution in [3.05, 3.63) is 74.7 Å². The first-order chi connectivity index (χ1) is 14.5. The second kappa shape index (κ2) is 9.84. The highest BCUT2D eigenvalue weighted by atomic mass is 79.9. The van der Waals surface area contributed by atoms with E-state index < -0.39 is 10.8 Å². The Labute approximate surface area is 180 Å². The van der Waals surface area contributed by atoms with Crippen molar-refractivity contribution in [3.8, 4) is 11.5 Å². The summed E-state index contributed by atoms with van der Waals surface area (Å²) in [6.07, 6.45) is 1.53. The Morgan fingerprint density at radius 3 is 2.67 bits per heavy atom. The lowest BCUT2D eigenvalue weighted by Crippen LogP contribution is -2.24. The van der Waals surface area contributed by atoms with Crippen LogP contribution >= 0.6 is 15.9 Å². The van der Waals surface area contributed by atoms with Crippen molar-refractivity contribution >= 4 is 44.5 Å². The molecule has 0 bridgehead atoms. The molecule has 0 saturated heterocycles. The molecule has 3 aromatic rings. The lowest BCUT2D eigenvalue weighted by atomic mass is 10.0. The zero-order chi connectivity index (χ0) is 21.5. The van der Waals surface area contributed by atoms with E-state index >= 15 is 0 Å². The maximum absolute atomic E-state index is 12.1. The van der Waals surface area contributed by atoms with Crippen LogP contribution in [0.2, 0.25) is 0 Å². The quantitative estimate of drug-likeness (QED) is 0.297. The minimum Gasteiger partial charge on any atom is -0.493 e. The van der Waals surface area contributed by atoms with Crippen LogP contribution in [0.3, 0.4) is 0 Å². The third kappa shape index (κ3) is 5.12. The highest BCUT2D eigenvalue weighted by Gasteiger charge is 2.11. The first-order valence-corrected chi connectivity index (χ1v) is 9.82. The van der Waals surface area contributed by atoms with Gasteiger partial charge < -0.3 is 9.47 Å². The molecular formula is C21H18BrN3O5. The predicted molar refractivity (Wildman–Crippen MR) is 117 cm³/mol. The van der Waals surface area contributed by atoms with Crippen LogP contribution in [0.4, 0.5) is 5.69 Å². The highest BCUT2D eigenvalue weighted by Crippen LogP contribution is 2.29. The Balaban J connectivity index is 1.66. The number of carbonyl (C=O) groups is 1. The van der Waals surface area contributed by atoms with Gasteiger partial charge in [-0.3, -0.25) is 14.9 Å². The van der Waals surface area contributed by atoms with Gasteiger partial charge in [-0.2, -0.15) is 5.10 Å². The molecule has 0 atom stereocenters. The number of halogens is 1. The summed E-state index contributed by atoms with van der Waals surface area (Å²) in [5.41, 5.74) is 3.09. The Morgan fingerprint density at radius 1 is 1.17 bits per heavy atom. The number of hydrogen-bond donors (Lipinski definition) is 1. The van der Waals surface area contributed by atoms with Crippen LogP contribution in [0.5, 0.6) is 11.5 Å². The third-order valence-electron chi connectivity index (χ3n) is 4.10. The number of nitro benzene ring substituents is 1. The highest BCUT2D eigenvalue weighted by molar-refractivity contribution is 9.10. The SMILES string of the molecule is CCOc1ccc2ccccc2c1C=NNC(=O)COc1ccc([N+](=O)[O-])cc1Br. The van der Waals surface area contributed by atoms with Crippen LogP contribution in [0.15, 0.2) is 64.2 Å². The van der Waals surface area contributed by atoms with Crippen molar-refractivity contribution < 1.29 is 19.2 Å². The molecule has 1 N–H and O–H groups in total. The standard InChI is InChI=1S/C21H18BrN3O5/c1-2-29-19-9-7-14-5-3-4-6-16(14)17(19)12-23-24-21(26)13-30-20-10-8-15(25(27)28)11-18(20)22/h3-12H,2,13H2,1H3,(H,24,26). The monoisotopic (exact) mass is 471 g/mol. The Morgan fingerprint density at radius 2 is 1.93 bits per heavy atom. The molecule has 0 aromatic heterocycles. The number of benzene rings is 3. The largest absolute Gasteiger partial charge is 0.493 e. The smallest absolute Gasteiger partial charge is 0.277 e. The third-order valence-corrected chi connectivity index (χ3v) is 4.72. The number of hydrogen-bond acceptors (Lipinski definition) is 6. The van der Waals surface area contributed by atoms with E-state index in [1.165, 1.54) is 24.4 Å².